The number of carbonyl (C=O) groups excluding carboxylic acids is 1. The fourth-order valence-electron chi connectivity index (χ4n) is 1.67. The van der Waals surface area contributed by atoms with Crippen LogP contribution in [-0.2, 0) is 11.3 Å². The number of H-pyrrole nitrogens is 1. The second-order valence-electron chi connectivity index (χ2n) is 4.15. The lowest BCUT2D eigenvalue weighted by atomic mass is 10.3. The summed E-state index contributed by atoms with van der Waals surface area (Å²) in [6.45, 7) is 3.87. The van der Waals surface area contributed by atoms with Crippen molar-refractivity contribution >= 4 is 17.4 Å². The highest BCUT2D eigenvalue weighted by Gasteiger charge is 2.17. The number of hydrogen-bond acceptors (Lipinski definition) is 5. The largest absolute Gasteiger partial charge is 0.383 e. The molecule has 0 saturated heterocycles. The van der Waals surface area contributed by atoms with Gasteiger partial charge in [-0.2, -0.15) is 0 Å². The van der Waals surface area contributed by atoms with Gasteiger partial charge in [-0.15, -0.1) is 0 Å². The zero-order valence-corrected chi connectivity index (χ0v) is 11.2. The summed E-state index contributed by atoms with van der Waals surface area (Å²) in [7, 11) is 1.49. The number of nitrogens with one attached hydrogen (secondary N) is 3. The summed E-state index contributed by atoms with van der Waals surface area (Å²) in [5, 5.41) is 5.17. The molecule has 5 N–H and O–H groups in total. The van der Waals surface area contributed by atoms with Gasteiger partial charge < -0.3 is 16.4 Å². The van der Waals surface area contributed by atoms with Crippen LogP contribution < -0.4 is 27.6 Å². The van der Waals surface area contributed by atoms with Gasteiger partial charge in [-0.3, -0.25) is 19.1 Å². The number of rotatable bonds is 5. The van der Waals surface area contributed by atoms with Crippen LogP contribution in [-0.4, -0.2) is 28.5 Å². The lowest BCUT2D eigenvalue weighted by Gasteiger charge is -2.16. The van der Waals surface area contributed by atoms with Gasteiger partial charge in [0.2, 0.25) is 5.91 Å². The van der Waals surface area contributed by atoms with Crippen LogP contribution in [0.15, 0.2) is 9.59 Å². The minimum absolute atomic E-state index is 0.0316. The van der Waals surface area contributed by atoms with Gasteiger partial charge in [0.05, 0.1) is 0 Å². The molecular weight excluding hydrogens is 250 g/mol. The monoisotopic (exact) mass is 269 g/mol. The highest BCUT2D eigenvalue weighted by molar-refractivity contribution is 5.84. The average Bonchev–Trinajstić information content (AvgIpc) is 2.38. The molecule has 1 aromatic heterocycles. The van der Waals surface area contributed by atoms with E-state index in [4.69, 9.17) is 5.73 Å². The van der Waals surface area contributed by atoms with Crippen molar-refractivity contribution in [2.75, 3.05) is 18.1 Å². The molecular formula is C11H19N5O3. The minimum Gasteiger partial charge on any atom is -0.383 e. The normalized spacial score (nSPS) is 11.9. The average molecular weight is 269 g/mol. The van der Waals surface area contributed by atoms with Gasteiger partial charge in [0, 0.05) is 13.6 Å². The number of carbonyl (C=O) groups is 1. The van der Waals surface area contributed by atoms with Crippen molar-refractivity contribution < 1.29 is 4.79 Å². The number of likely N-dealkylation sites (N-methyl/N-ethyl adjacent to an activating group) is 1. The van der Waals surface area contributed by atoms with Crippen molar-refractivity contribution in [2.45, 2.75) is 32.9 Å². The van der Waals surface area contributed by atoms with Gasteiger partial charge in [-0.25, -0.2) is 4.79 Å². The SMILES string of the molecule is CCCn1c(N)c(NC(C)C(=O)NC)c(=O)[nH]c1=O. The predicted octanol–water partition coefficient (Wildman–Crippen LogP) is -0.925. The molecule has 0 fully saturated rings. The van der Waals surface area contributed by atoms with Crippen LogP contribution in [0.4, 0.5) is 11.5 Å². The fraction of sp³-hybridized carbons (Fsp3) is 0.545. The molecule has 0 aromatic carbocycles. The molecule has 0 aliphatic heterocycles. The number of nitrogens with two attached hydrogens (primary N) is 1. The summed E-state index contributed by atoms with van der Waals surface area (Å²) in [6.07, 6.45) is 0.695. The van der Waals surface area contributed by atoms with Gasteiger partial charge in [0.1, 0.15) is 17.5 Å². The zero-order valence-electron chi connectivity index (χ0n) is 11.2. The van der Waals surface area contributed by atoms with Gasteiger partial charge in [-0.05, 0) is 13.3 Å². The topological polar surface area (TPSA) is 122 Å². The maximum absolute atomic E-state index is 11.7. The molecule has 0 aliphatic carbocycles. The molecule has 8 heteroatoms. The summed E-state index contributed by atoms with van der Waals surface area (Å²) in [6, 6.07) is -0.638. The van der Waals surface area contributed by atoms with E-state index in [9.17, 15) is 14.4 Å². The third-order valence-electron chi connectivity index (χ3n) is 2.69. The molecule has 106 valence electrons. The van der Waals surface area contributed by atoms with Crippen molar-refractivity contribution in [1.29, 1.82) is 0 Å². The van der Waals surface area contributed by atoms with E-state index in [1.54, 1.807) is 6.92 Å². The Morgan fingerprint density at radius 2 is 2.11 bits per heavy atom. The maximum atomic E-state index is 11.7. The van der Waals surface area contributed by atoms with E-state index in [1.165, 1.54) is 11.6 Å². The quantitative estimate of drug-likeness (QED) is 0.550. The first-order valence-electron chi connectivity index (χ1n) is 6.03. The van der Waals surface area contributed by atoms with Gasteiger partial charge in [0.15, 0.2) is 0 Å². The standard InChI is InChI=1S/C11H19N5O3/c1-4-5-16-8(12)7(10(18)15-11(16)19)14-6(2)9(17)13-3/h6,14H,4-5,12H2,1-3H3,(H,13,17)(H,15,18,19). The molecule has 0 bridgehead atoms. The van der Waals surface area contributed by atoms with Crippen LogP contribution in [0.5, 0.6) is 0 Å². The molecule has 0 spiro atoms. The molecule has 1 rings (SSSR count). The number of hydrogen-bond donors (Lipinski definition) is 4. The molecule has 0 aliphatic rings. The highest BCUT2D eigenvalue weighted by Crippen LogP contribution is 2.11. The number of anilines is 2. The molecule has 1 amide bonds. The van der Waals surface area contributed by atoms with E-state index >= 15 is 0 Å². The summed E-state index contributed by atoms with van der Waals surface area (Å²) >= 11 is 0. The van der Waals surface area contributed by atoms with Gasteiger partial charge >= 0.3 is 5.69 Å². The molecule has 0 radical (unpaired) electrons. The van der Waals surface area contributed by atoms with Gasteiger partial charge in [-0.1, -0.05) is 6.92 Å². The lowest BCUT2D eigenvalue weighted by molar-refractivity contribution is -0.121. The first kappa shape index (κ1) is 14.8. The maximum Gasteiger partial charge on any atom is 0.330 e. The number of aromatic nitrogens is 2. The van der Waals surface area contributed by atoms with Crippen molar-refractivity contribution in [3.05, 3.63) is 20.8 Å². The summed E-state index contributed by atoms with van der Waals surface area (Å²) < 4.78 is 1.26. The Morgan fingerprint density at radius 3 is 2.63 bits per heavy atom. The van der Waals surface area contributed by atoms with Gasteiger partial charge in [0.25, 0.3) is 5.56 Å². The van der Waals surface area contributed by atoms with E-state index in [-0.39, 0.29) is 17.4 Å². The Labute approximate surface area is 110 Å². The number of amides is 1. The van der Waals surface area contributed by atoms with Crippen LogP contribution in [0, 0.1) is 0 Å². The highest BCUT2D eigenvalue weighted by atomic mass is 16.2. The number of nitrogens with zero attached hydrogens (tertiary/aromatic N) is 1. The Hall–Kier alpha value is -2.25. The Balaban J connectivity index is 3.21. The van der Waals surface area contributed by atoms with Crippen LogP contribution in [0.3, 0.4) is 0 Å². The third-order valence-corrected chi connectivity index (χ3v) is 2.69. The number of aromatic amines is 1. The summed E-state index contributed by atoms with van der Waals surface area (Å²) in [4.78, 5) is 36.9. The van der Waals surface area contributed by atoms with Crippen molar-refractivity contribution in [3.8, 4) is 0 Å². The summed E-state index contributed by atoms with van der Waals surface area (Å²) in [5.74, 6) is -0.251. The molecule has 0 saturated carbocycles. The van der Waals surface area contributed by atoms with E-state index in [2.05, 4.69) is 15.6 Å². The smallest absolute Gasteiger partial charge is 0.330 e. The second kappa shape index (κ2) is 6.07. The minimum atomic E-state index is -0.638. The fourth-order valence-corrected chi connectivity index (χ4v) is 1.67. The number of nitrogen functional groups attached to an aromatic ring is 1. The lowest BCUT2D eigenvalue weighted by Crippen LogP contribution is -2.40. The second-order valence-corrected chi connectivity index (χ2v) is 4.15. The Bertz CT molecular complexity index is 575. The van der Waals surface area contributed by atoms with Crippen LogP contribution in [0.25, 0.3) is 0 Å². The molecule has 1 unspecified atom stereocenters. The first-order chi connectivity index (χ1) is 8.92. The van der Waals surface area contributed by atoms with E-state index in [0.29, 0.717) is 13.0 Å². The Kier molecular flexibility index (Phi) is 4.74. The molecule has 1 atom stereocenters. The third kappa shape index (κ3) is 3.15. The van der Waals surface area contributed by atoms with E-state index in [1.807, 2.05) is 6.92 Å². The molecule has 8 nitrogen and oxygen atoms in total. The zero-order chi connectivity index (χ0) is 14.6. The van der Waals surface area contributed by atoms with Crippen molar-refractivity contribution in [2.24, 2.45) is 0 Å². The molecule has 1 aromatic rings. The molecule has 19 heavy (non-hydrogen) atoms. The Morgan fingerprint density at radius 1 is 1.47 bits per heavy atom. The summed E-state index contributed by atoms with van der Waals surface area (Å²) in [5.41, 5.74) is 4.65. The van der Waals surface area contributed by atoms with E-state index < -0.39 is 17.3 Å². The van der Waals surface area contributed by atoms with Crippen molar-refractivity contribution in [3.63, 3.8) is 0 Å². The van der Waals surface area contributed by atoms with Crippen LogP contribution >= 0.6 is 0 Å². The first-order valence-corrected chi connectivity index (χ1v) is 6.03. The predicted molar refractivity (Wildman–Crippen MR) is 73.2 cm³/mol. The van der Waals surface area contributed by atoms with E-state index in [0.717, 1.165) is 0 Å². The van der Waals surface area contributed by atoms with Crippen LogP contribution in [0.1, 0.15) is 20.3 Å². The molecule has 1 heterocycles. The van der Waals surface area contributed by atoms with Crippen molar-refractivity contribution in [1.82, 2.24) is 14.9 Å². The van der Waals surface area contributed by atoms with Crippen LogP contribution in [0.2, 0.25) is 0 Å².